The normalized spacial score (nSPS) is 19.6. The first-order chi connectivity index (χ1) is 20.5. The fraction of sp³-hybridized carbons (Fsp3) is 0.172. The fourth-order valence-corrected chi connectivity index (χ4v) is 7.75. The summed E-state index contributed by atoms with van der Waals surface area (Å²) in [6, 6.07) is 15.9. The van der Waals surface area contributed by atoms with Crippen LogP contribution < -0.4 is 19.8 Å². The van der Waals surface area contributed by atoms with E-state index < -0.39 is 69.5 Å². The summed E-state index contributed by atoms with van der Waals surface area (Å²) in [6.45, 7) is -0.474. The number of imide groups is 1. The summed E-state index contributed by atoms with van der Waals surface area (Å²) in [4.78, 5) is 55.8. The molecule has 8 nitrogen and oxygen atoms in total. The third kappa shape index (κ3) is 5.31. The highest BCUT2D eigenvalue weighted by Crippen LogP contribution is 2.55. The van der Waals surface area contributed by atoms with Crippen LogP contribution in [0, 0.1) is 11.7 Å². The molecule has 0 spiro atoms. The van der Waals surface area contributed by atoms with Gasteiger partial charge in [-0.25, -0.2) is 9.29 Å². The van der Waals surface area contributed by atoms with Crippen LogP contribution in [0.15, 0.2) is 82.6 Å². The van der Waals surface area contributed by atoms with Gasteiger partial charge in [0.2, 0.25) is 11.8 Å². The van der Waals surface area contributed by atoms with E-state index in [1.54, 1.807) is 24.3 Å². The highest BCUT2D eigenvalue weighted by Gasteiger charge is 2.57. The van der Waals surface area contributed by atoms with Crippen LogP contribution in [0.3, 0.4) is 0 Å². The third-order valence-corrected chi connectivity index (χ3v) is 9.42. The summed E-state index contributed by atoms with van der Waals surface area (Å²) in [7, 11) is 0. The van der Waals surface area contributed by atoms with Crippen molar-refractivity contribution >= 4 is 52.2 Å². The molecule has 0 radical (unpaired) electrons. The Balaban J connectivity index is 1.36. The van der Waals surface area contributed by atoms with Gasteiger partial charge in [0.15, 0.2) is 6.61 Å². The minimum absolute atomic E-state index is 0.175. The van der Waals surface area contributed by atoms with E-state index in [0.29, 0.717) is 26.1 Å². The number of aromatic amines is 1. The van der Waals surface area contributed by atoms with E-state index in [4.69, 9.17) is 4.74 Å². The number of thioether (sulfide) groups is 1. The van der Waals surface area contributed by atoms with Crippen LogP contribution >= 0.6 is 23.1 Å². The Morgan fingerprint density at radius 1 is 0.953 bits per heavy atom. The molecule has 14 heteroatoms. The maximum absolute atomic E-state index is 13.9. The average molecular weight is 630 g/mol. The van der Waals surface area contributed by atoms with Gasteiger partial charge >= 0.3 is 11.0 Å². The standard InChI is InChI=1S/C29H19F4N3O5S2/c30-14-9-11-15(12-10-14)34-20(37)13-41-19-8-4-1-5-16(19)21-22-24(42-25-23(21)43-28(40)35-25)27(39)36(26(22)38)18-7-3-2-6-17(18)29(31,32)33/h1-12,21-22,24H,13H2,(H,34,37)(H,35,40). The maximum atomic E-state index is 13.9. The lowest BCUT2D eigenvalue weighted by Crippen LogP contribution is -2.33. The zero-order valence-electron chi connectivity index (χ0n) is 21.7. The highest BCUT2D eigenvalue weighted by molar-refractivity contribution is 8.00. The molecule has 3 aromatic carbocycles. The molecule has 1 aromatic heterocycles. The van der Waals surface area contributed by atoms with Crippen molar-refractivity contribution in [2.24, 2.45) is 5.92 Å². The number of nitrogens with zero attached hydrogens (tertiary/aromatic N) is 1. The summed E-state index contributed by atoms with van der Waals surface area (Å²) in [5, 5.41) is 1.77. The largest absolute Gasteiger partial charge is 0.483 e. The number of nitrogens with one attached hydrogen (secondary N) is 2. The average Bonchev–Trinajstić information content (AvgIpc) is 3.47. The van der Waals surface area contributed by atoms with Crippen molar-refractivity contribution in [3.63, 3.8) is 0 Å². The van der Waals surface area contributed by atoms with Gasteiger partial charge in [0.1, 0.15) is 16.8 Å². The van der Waals surface area contributed by atoms with E-state index in [1.165, 1.54) is 36.4 Å². The number of fused-ring (bicyclic) bond motifs is 2. The van der Waals surface area contributed by atoms with Crippen LogP contribution in [0.5, 0.6) is 5.75 Å². The number of hydrogen-bond donors (Lipinski definition) is 2. The Labute approximate surface area is 248 Å². The molecule has 1 fully saturated rings. The number of halogens is 4. The predicted molar refractivity (Wildman–Crippen MR) is 151 cm³/mol. The molecule has 6 rings (SSSR count). The first-order valence-electron chi connectivity index (χ1n) is 12.7. The molecule has 43 heavy (non-hydrogen) atoms. The molecule has 2 N–H and O–H groups in total. The molecule has 2 aliphatic heterocycles. The Morgan fingerprint density at radius 3 is 2.40 bits per heavy atom. The number of carbonyl (C=O) groups is 3. The van der Waals surface area contributed by atoms with Crippen molar-refractivity contribution in [1.82, 2.24) is 4.98 Å². The van der Waals surface area contributed by atoms with E-state index in [2.05, 4.69) is 10.3 Å². The van der Waals surface area contributed by atoms with E-state index in [-0.39, 0.29) is 5.75 Å². The number of H-pyrrole nitrogens is 1. The topological polar surface area (TPSA) is 109 Å². The minimum atomic E-state index is -4.82. The number of alkyl halides is 3. The summed E-state index contributed by atoms with van der Waals surface area (Å²) in [6.07, 6.45) is -4.82. The van der Waals surface area contributed by atoms with Gasteiger partial charge in [-0.05, 0) is 42.5 Å². The number of thiazole rings is 1. The molecule has 3 heterocycles. The lowest BCUT2D eigenvalue weighted by atomic mass is 9.82. The van der Waals surface area contributed by atoms with Gasteiger partial charge in [-0.2, -0.15) is 13.2 Å². The van der Waals surface area contributed by atoms with E-state index in [9.17, 15) is 36.7 Å². The number of anilines is 2. The first-order valence-corrected chi connectivity index (χ1v) is 14.4. The third-order valence-electron chi connectivity index (χ3n) is 7.02. The molecule has 0 saturated carbocycles. The van der Waals surface area contributed by atoms with Crippen LogP contribution in [-0.4, -0.2) is 34.6 Å². The van der Waals surface area contributed by atoms with Crippen molar-refractivity contribution < 1.29 is 36.7 Å². The molecule has 1 saturated heterocycles. The molecule has 3 atom stereocenters. The lowest BCUT2D eigenvalue weighted by Gasteiger charge is -2.30. The van der Waals surface area contributed by atoms with Crippen LogP contribution in [0.25, 0.3) is 0 Å². The van der Waals surface area contributed by atoms with Crippen molar-refractivity contribution in [3.05, 3.63) is 104 Å². The van der Waals surface area contributed by atoms with Crippen molar-refractivity contribution in [2.75, 3.05) is 16.8 Å². The maximum Gasteiger partial charge on any atom is 0.418 e. The highest BCUT2D eigenvalue weighted by atomic mass is 32.2. The molecule has 0 aliphatic carbocycles. The fourth-order valence-electron chi connectivity index (χ4n) is 5.24. The van der Waals surface area contributed by atoms with Crippen LogP contribution in [0.4, 0.5) is 28.9 Å². The molecular formula is C29H19F4N3O5S2. The zero-order chi connectivity index (χ0) is 30.5. The first kappa shape index (κ1) is 28.7. The van der Waals surface area contributed by atoms with Crippen molar-refractivity contribution in [2.45, 2.75) is 22.4 Å². The lowest BCUT2D eigenvalue weighted by molar-refractivity contribution is -0.137. The number of para-hydroxylation sites is 2. The van der Waals surface area contributed by atoms with E-state index in [1.807, 2.05) is 0 Å². The molecule has 4 aromatic rings. The number of aromatic nitrogens is 1. The molecule has 2 aliphatic rings. The van der Waals surface area contributed by atoms with Crippen LogP contribution in [0.2, 0.25) is 0 Å². The second kappa shape index (κ2) is 11.0. The summed E-state index contributed by atoms with van der Waals surface area (Å²) >= 11 is 1.75. The quantitative estimate of drug-likeness (QED) is 0.218. The SMILES string of the molecule is O=C(COc1ccccc1C1c2sc(=O)[nH]c2SC2C(=O)N(c3ccccc3C(F)(F)F)C(=O)C21)Nc1ccc(F)cc1. The number of benzene rings is 3. The molecule has 3 unspecified atom stereocenters. The summed E-state index contributed by atoms with van der Waals surface area (Å²) in [5.74, 6) is -4.66. The number of ether oxygens (including phenoxy) is 1. The number of hydrogen-bond acceptors (Lipinski definition) is 7. The predicted octanol–water partition coefficient (Wildman–Crippen LogP) is 5.41. The van der Waals surface area contributed by atoms with Crippen LogP contribution in [-0.2, 0) is 20.6 Å². The summed E-state index contributed by atoms with van der Waals surface area (Å²) < 4.78 is 60.7. The van der Waals surface area contributed by atoms with Crippen LogP contribution in [0.1, 0.15) is 21.9 Å². The van der Waals surface area contributed by atoms with Gasteiger partial charge in [0, 0.05) is 22.0 Å². The smallest absolute Gasteiger partial charge is 0.418 e. The van der Waals surface area contributed by atoms with Gasteiger partial charge in [-0.3, -0.25) is 19.2 Å². The molecule has 220 valence electrons. The van der Waals surface area contributed by atoms with Crippen molar-refractivity contribution in [3.8, 4) is 5.75 Å². The monoisotopic (exact) mass is 629 g/mol. The Morgan fingerprint density at radius 2 is 1.65 bits per heavy atom. The number of carbonyl (C=O) groups excluding carboxylic acids is 3. The van der Waals surface area contributed by atoms with Gasteiger partial charge in [0.25, 0.3) is 5.91 Å². The Kier molecular flexibility index (Phi) is 7.34. The van der Waals surface area contributed by atoms with E-state index in [0.717, 1.165) is 35.2 Å². The molecular weight excluding hydrogens is 610 g/mol. The Hall–Kier alpha value is -4.43. The van der Waals surface area contributed by atoms with Gasteiger partial charge < -0.3 is 15.0 Å². The Bertz CT molecular complexity index is 1800. The number of rotatable bonds is 6. The minimum Gasteiger partial charge on any atom is -0.483 e. The second-order valence-electron chi connectivity index (χ2n) is 9.66. The van der Waals surface area contributed by atoms with Gasteiger partial charge in [-0.15, -0.1) is 0 Å². The van der Waals surface area contributed by atoms with Gasteiger partial charge in [0.05, 0.1) is 22.2 Å². The molecule has 3 amide bonds. The summed E-state index contributed by atoms with van der Waals surface area (Å²) in [5.41, 5.74) is -0.990. The number of amides is 3. The molecule has 0 bridgehead atoms. The van der Waals surface area contributed by atoms with Gasteiger partial charge in [-0.1, -0.05) is 53.4 Å². The van der Waals surface area contributed by atoms with Crippen molar-refractivity contribution in [1.29, 1.82) is 0 Å². The zero-order valence-corrected chi connectivity index (χ0v) is 23.3. The second-order valence-corrected chi connectivity index (χ2v) is 11.8. The van der Waals surface area contributed by atoms with E-state index >= 15 is 0 Å².